The molecule has 0 saturated carbocycles. The quantitative estimate of drug-likeness (QED) is 0.825. The molecule has 2 N–H and O–H groups in total. The first-order valence-corrected chi connectivity index (χ1v) is 7.29. The van der Waals surface area contributed by atoms with E-state index in [0.29, 0.717) is 6.54 Å². The first-order valence-electron chi connectivity index (χ1n) is 7.29. The Morgan fingerprint density at radius 2 is 1.50 bits per heavy atom. The molecule has 0 amide bonds. The van der Waals surface area contributed by atoms with Gasteiger partial charge in [-0.3, -0.25) is 0 Å². The van der Waals surface area contributed by atoms with Gasteiger partial charge in [-0.05, 0) is 41.3 Å². The van der Waals surface area contributed by atoms with Gasteiger partial charge in [-0.15, -0.1) is 0 Å². The van der Waals surface area contributed by atoms with Gasteiger partial charge >= 0.3 is 0 Å². The molecule has 0 aliphatic carbocycles. The van der Waals surface area contributed by atoms with Crippen LogP contribution in [0.4, 0.5) is 0 Å². The van der Waals surface area contributed by atoms with Crippen LogP contribution < -0.4 is 14.8 Å². The van der Waals surface area contributed by atoms with Gasteiger partial charge in [0.1, 0.15) is 0 Å². The Hall–Kier alpha value is -2.04. The third-order valence-corrected chi connectivity index (χ3v) is 3.76. The minimum Gasteiger partial charge on any atom is -0.493 e. The molecule has 2 rings (SSSR count). The third-order valence-electron chi connectivity index (χ3n) is 3.76. The summed E-state index contributed by atoms with van der Waals surface area (Å²) in [4.78, 5) is 0. The summed E-state index contributed by atoms with van der Waals surface area (Å²) in [5, 5.41) is 12.8. The van der Waals surface area contributed by atoms with Gasteiger partial charge in [-0.25, -0.2) is 0 Å². The molecule has 0 unspecified atom stereocenters. The van der Waals surface area contributed by atoms with Crippen molar-refractivity contribution in [1.82, 2.24) is 5.32 Å². The lowest BCUT2D eigenvalue weighted by molar-refractivity contribution is 0.280. The predicted molar refractivity (Wildman–Crippen MR) is 87.2 cm³/mol. The van der Waals surface area contributed by atoms with E-state index in [1.165, 1.54) is 5.56 Å². The molecule has 0 heterocycles. The van der Waals surface area contributed by atoms with Crippen LogP contribution in [-0.2, 0) is 19.7 Å². The number of aliphatic hydroxyl groups is 1. The summed E-state index contributed by atoms with van der Waals surface area (Å²) in [5.41, 5.74) is 4.39. The van der Waals surface area contributed by atoms with Gasteiger partial charge in [0, 0.05) is 13.1 Å². The molecule has 0 fully saturated rings. The number of hydrogen-bond donors (Lipinski definition) is 2. The second-order valence-corrected chi connectivity index (χ2v) is 5.16. The highest BCUT2D eigenvalue weighted by atomic mass is 16.5. The van der Waals surface area contributed by atoms with Crippen molar-refractivity contribution in [2.24, 2.45) is 0 Å². The molecular formula is C18H23NO3. The number of hydrogen-bond acceptors (Lipinski definition) is 4. The summed E-state index contributed by atoms with van der Waals surface area (Å²) in [6.07, 6.45) is 0. The van der Waals surface area contributed by atoms with Crippen molar-refractivity contribution in [2.75, 3.05) is 14.2 Å². The number of aliphatic hydroxyl groups excluding tert-OH is 1. The first-order chi connectivity index (χ1) is 10.7. The molecule has 118 valence electrons. The molecule has 2 aromatic carbocycles. The van der Waals surface area contributed by atoms with Crippen molar-refractivity contribution < 1.29 is 14.6 Å². The first kappa shape index (κ1) is 16.3. The van der Waals surface area contributed by atoms with Crippen LogP contribution in [-0.4, -0.2) is 19.3 Å². The maximum absolute atomic E-state index is 9.35. The summed E-state index contributed by atoms with van der Waals surface area (Å²) in [5.74, 6) is 1.48. The Labute approximate surface area is 131 Å². The van der Waals surface area contributed by atoms with Gasteiger partial charge in [0.2, 0.25) is 0 Å². The topological polar surface area (TPSA) is 50.7 Å². The normalized spacial score (nSPS) is 10.5. The SMILES string of the molecule is COc1cc(C)c(CNCc2ccccc2CO)cc1OC. The fourth-order valence-corrected chi connectivity index (χ4v) is 2.43. The monoisotopic (exact) mass is 301 g/mol. The van der Waals surface area contributed by atoms with Gasteiger partial charge in [0.15, 0.2) is 11.5 Å². The maximum Gasteiger partial charge on any atom is 0.161 e. The van der Waals surface area contributed by atoms with E-state index in [0.717, 1.165) is 34.7 Å². The molecule has 0 bridgehead atoms. The Kier molecular flexibility index (Phi) is 5.81. The Morgan fingerprint density at radius 3 is 2.14 bits per heavy atom. The maximum atomic E-state index is 9.35. The predicted octanol–water partition coefficient (Wildman–Crippen LogP) is 2.79. The molecule has 0 saturated heterocycles. The van der Waals surface area contributed by atoms with E-state index < -0.39 is 0 Å². The molecule has 4 heteroatoms. The lowest BCUT2D eigenvalue weighted by atomic mass is 10.1. The summed E-state index contributed by atoms with van der Waals surface area (Å²) in [6, 6.07) is 11.9. The average molecular weight is 301 g/mol. The van der Waals surface area contributed by atoms with Crippen molar-refractivity contribution in [3.63, 3.8) is 0 Å². The summed E-state index contributed by atoms with van der Waals surface area (Å²) in [6.45, 7) is 3.56. The fraction of sp³-hybridized carbons (Fsp3) is 0.333. The largest absolute Gasteiger partial charge is 0.493 e. The number of nitrogens with one attached hydrogen (secondary N) is 1. The van der Waals surface area contributed by atoms with Crippen LogP contribution >= 0.6 is 0 Å². The van der Waals surface area contributed by atoms with E-state index in [9.17, 15) is 5.11 Å². The molecule has 22 heavy (non-hydrogen) atoms. The summed E-state index contributed by atoms with van der Waals surface area (Å²) in [7, 11) is 3.28. The van der Waals surface area contributed by atoms with Gasteiger partial charge in [0.05, 0.1) is 20.8 Å². The average Bonchev–Trinajstić information content (AvgIpc) is 2.56. The third kappa shape index (κ3) is 3.78. The minimum absolute atomic E-state index is 0.0627. The molecule has 4 nitrogen and oxygen atoms in total. The van der Waals surface area contributed by atoms with Crippen LogP contribution in [0.3, 0.4) is 0 Å². The number of aryl methyl sites for hydroxylation is 1. The number of methoxy groups -OCH3 is 2. The van der Waals surface area contributed by atoms with Crippen LogP contribution in [0.25, 0.3) is 0 Å². The van der Waals surface area contributed by atoms with E-state index in [-0.39, 0.29) is 6.61 Å². The van der Waals surface area contributed by atoms with Gasteiger partial charge in [-0.2, -0.15) is 0 Å². The van der Waals surface area contributed by atoms with Gasteiger partial charge in [0.25, 0.3) is 0 Å². The molecule has 0 radical (unpaired) electrons. The van der Waals surface area contributed by atoms with Crippen LogP contribution in [0.2, 0.25) is 0 Å². The highest BCUT2D eigenvalue weighted by molar-refractivity contribution is 5.47. The van der Waals surface area contributed by atoms with Crippen molar-refractivity contribution in [3.05, 3.63) is 58.7 Å². The zero-order valence-electron chi connectivity index (χ0n) is 13.3. The Bertz CT molecular complexity index is 626. The van der Waals surface area contributed by atoms with Crippen molar-refractivity contribution in [2.45, 2.75) is 26.6 Å². The van der Waals surface area contributed by atoms with E-state index >= 15 is 0 Å². The Balaban J connectivity index is 2.05. The van der Waals surface area contributed by atoms with E-state index in [1.54, 1.807) is 14.2 Å². The molecule has 0 spiro atoms. The lowest BCUT2D eigenvalue weighted by Crippen LogP contribution is -2.15. The lowest BCUT2D eigenvalue weighted by Gasteiger charge is -2.14. The number of rotatable bonds is 7. The zero-order valence-corrected chi connectivity index (χ0v) is 13.3. The second kappa shape index (κ2) is 7.82. The molecular weight excluding hydrogens is 278 g/mol. The molecule has 0 atom stereocenters. The van der Waals surface area contributed by atoms with Crippen molar-refractivity contribution >= 4 is 0 Å². The number of ether oxygens (including phenoxy) is 2. The Morgan fingerprint density at radius 1 is 0.909 bits per heavy atom. The van der Waals surface area contributed by atoms with E-state index in [4.69, 9.17) is 9.47 Å². The molecule has 0 aromatic heterocycles. The second-order valence-electron chi connectivity index (χ2n) is 5.16. The number of benzene rings is 2. The summed E-state index contributed by atoms with van der Waals surface area (Å²) >= 11 is 0. The van der Waals surface area contributed by atoms with Gasteiger partial charge in [-0.1, -0.05) is 24.3 Å². The van der Waals surface area contributed by atoms with Crippen molar-refractivity contribution in [1.29, 1.82) is 0 Å². The zero-order chi connectivity index (χ0) is 15.9. The van der Waals surface area contributed by atoms with Crippen LogP contribution in [0.1, 0.15) is 22.3 Å². The standard InChI is InChI=1S/C18H23NO3/c1-13-8-17(21-2)18(22-3)9-16(13)11-19-10-14-6-4-5-7-15(14)12-20/h4-9,19-20H,10-12H2,1-3H3. The van der Waals surface area contributed by atoms with E-state index in [1.807, 2.05) is 36.4 Å². The molecule has 2 aromatic rings. The van der Waals surface area contributed by atoms with E-state index in [2.05, 4.69) is 12.2 Å². The smallest absolute Gasteiger partial charge is 0.161 e. The highest BCUT2D eigenvalue weighted by Gasteiger charge is 2.08. The van der Waals surface area contributed by atoms with Crippen LogP contribution in [0.15, 0.2) is 36.4 Å². The van der Waals surface area contributed by atoms with Crippen LogP contribution in [0, 0.1) is 6.92 Å². The minimum atomic E-state index is 0.0627. The molecule has 0 aliphatic rings. The molecule has 0 aliphatic heterocycles. The highest BCUT2D eigenvalue weighted by Crippen LogP contribution is 2.30. The van der Waals surface area contributed by atoms with Gasteiger partial charge < -0.3 is 19.9 Å². The summed E-state index contributed by atoms with van der Waals surface area (Å²) < 4.78 is 10.7. The van der Waals surface area contributed by atoms with Crippen molar-refractivity contribution in [3.8, 4) is 11.5 Å². The van der Waals surface area contributed by atoms with Crippen LogP contribution in [0.5, 0.6) is 11.5 Å². The fourth-order valence-electron chi connectivity index (χ4n) is 2.43.